The van der Waals surface area contributed by atoms with Crippen LogP contribution in [0.1, 0.15) is 29.8 Å². The Kier molecular flexibility index (Phi) is 6.50. The number of hydrazine groups is 1. The van der Waals surface area contributed by atoms with Crippen LogP contribution in [0.3, 0.4) is 0 Å². The molecule has 2 atom stereocenters. The molecule has 0 bridgehead atoms. The van der Waals surface area contributed by atoms with E-state index in [1.807, 2.05) is 38.1 Å². The summed E-state index contributed by atoms with van der Waals surface area (Å²) >= 11 is 0. The number of aromatic amines is 1. The second-order valence-corrected chi connectivity index (χ2v) is 10.1. The number of amides is 2. The van der Waals surface area contributed by atoms with Gasteiger partial charge in [-0.1, -0.05) is 18.2 Å². The van der Waals surface area contributed by atoms with Crippen molar-refractivity contribution in [3.8, 4) is 0 Å². The molecule has 2 unspecified atom stereocenters. The molecule has 10 heteroatoms. The van der Waals surface area contributed by atoms with Gasteiger partial charge in [0.15, 0.2) is 0 Å². The molecular weight excluding hydrogens is 444 g/mol. The smallest absolute Gasteiger partial charge is 0.269 e. The number of fused-ring (bicyclic) bond motifs is 1. The van der Waals surface area contributed by atoms with E-state index in [9.17, 15) is 18.0 Å². The van der Waals surface area contributed by atoms with Crippen molar-refractivity contribution in [2.75, 3.05) is 13.1 Å². The minimum absolute atomic E-state index is 0.0951. The van der Waals surface area contributed by atoms with Crippen molar-refractivity contribution in [2.24, 2.45) is 0 Å². The van der Waals surface area contributed by atoms with Gasteiger partial charge in [-0.15, -0.1) is 0 Å². The van der Waals surface area contributed by atoms with Gasteiger partial charge in [0.1, 0.15) is 0 Å². The third-order valence-electron chi connectivity index (χ3n) is 5.48. The van der Waals surface area contributed by atoms with Gasteiger partial charge in [0.05, 0.1) is 23.5 Å². The summed E-state index contributed by atoms with van der Waals surface area (Å²) in [5.74, 6) is -0.914. The maximum atomic E-state index is 12.9. The molecule has 1 aliphatic heterocycles. The van der Waals surface area contributed by atoms with E-state index in [1.54, 1.807) is 6.20 Å². The molecule has 33 heavy (non-hydrogen) atoms. The van der Waals surface area contributed by atoms with Crippen molar-refractivity contribution >= 4 is 32.7 Å². The number of H-pyrrole nitrogens is 1. The van der Waals surface area contributed by atoms with Crippen LogP contribution in [0.2, 0.25) is 0 Å². The predicted octanol–water partition coefficient (Wildman–Crippen LogP) is 1.97. The van der Waals surface area contributed by atoms with Gasteiger partial charge < -0.3 is 9.72 Å². The van der Waals surface area contributed by atoms with Crippen molar-refractivity contribution in [2.45, 2.75) is 37.4 Å². The molecule has 2 heterocycles. The normalized spacial score (nSPS) is 19.3. The maximum absolute atomic E-state index is 12.9. The number of aromatic nitrogens is 1. The number of para-hydroxylation sites is 1. The van der Waals surface area contributed by atoms with E-state index in [0.717, 1.165) is 16.5 Å². The highest BCUT2D eigenvalue weighted by atomic mass is 32.2. The van der Waals surface area contributed by atoms with E-state index in [2.05, 4.69) is 15.8 Å². The van der Waals surface area contributed by atoms with E-state index in [1.165, 1.54) is 28.6 Å². The molecule has 1 aromatic heterocycles. The van der Waals surface area contributed by atoms with Crippen LogP contribution in [-0.4, -0.2) is 54.8 Å². The minimum atomic E-state index is -3.69. The first-order chi connectivity index (χ1) is 15.7. The van der Waals surface area contributed by atoms with Gasteiger partial charge in [-0.25, -0.2) is 8.42 Å². The van der Waals surface area contributed by atoms with Crippen molar-refractivity contribution < 1.29 is 22.7 Å². The molecule has 1 saturated heterocycles. The molecule has 9 nitrogen and oxygen atoms in total. The zero-order valence-electron chi connectivity index (χ0n) is 18.4. The Balaban J connectivity index is 1.35. The fourth-order valence-corrected chi connectivity index (χ4v) is 5.54. The van der Waals surface area contributed by atoms with Crippen LogP contribution in [0.15, 0.2) is 59.6 Å². The van der Waals surface area contributed by atoms with Gasteiger partial charge >= 0.3 is 0 Å². The number of morpholine rings is 1. The molecule has 0 saturated carbocycles. The second kappa shape index (κ2) is 9.34. The minimum Gasteiger partial charge on any atom is -0.373 e. The molecule has 1 aliphatic rings. The van der Waals surface area contributed by atoms with E-state index in [4.69, 9.17) is 4.74 Å². The van der Waals surface area contributed by atoms with Crippen molar-refractivity contribution in [3.63, 3.8) is 0 Å². The Hall–Kier alpha value is -3.21. The molecule has 2 amide bonds. The number of nitrogens with one attached hydrogen (secondary N) is 3. The van der Waals surface area contributed by atoms with Crippen LogP contribution in [0.4, 0.5) is 0 Å². The van der Waals surface area contributed by atoms with Gasteiger partial charge in [-0.2, -0.15) is 4.31 Å². The first-order valence-corrected chi connectivity index (χ1v) is 12.1. The van der Waals surface area contributed by atoms with Crippen molar-refractivity contribution in [3.05, 3.63) is 65.9 Å². The lowest BCUT2D eigenvalue weighted by molar-refractivity contribution is -0.121. The molecule has 3 aromatic rings. The topological polar surface area (TPSA) is 121 Å². The fourth-order valence-electron chi connectivity index (χ4n) is 3.95. The van der Waals surface area contributed by atoms with Crippen molar-refractivity contribution in [1.82, 2.24) is 20.1 Å². The monoisotopic (exact) mass is 470 g/mol. The summed E-state index contributed by atoms with van der Waals surface area (Å²) in [6.07, 6.45) is 1.47. The average molecular weight is 471 g/mol. The van der Waals surface area contributed by atoms with Crippen LogP contribution < -0.4 is 10.9 Å². The average Bonchev–Trinajstić information content (AvgIpc) is 3.19. The number of hydrogen-bond acceptors (Lipinski definition) is 5. The lowest BCUT2D eigenvalue weighted by Gasteiger charge is -2.34. The third kappa shape index (κ3) is 5.08. The van der Waals surface area contributed by atoms with Crippen LogP contribution in [0.5, 0.6) is 0 Å². The molecule has 174 valence electrons. The van der Waals surface area contributed by atoms with E-state index >= 15 is 0 Å². The zero-order valence-corrected chi connectivity index (χ0v) is 19.2. The zero-order chi connectivity index (χ0) is 23.6. The highest BCUT2D eigenvalue weighted by molar-refractivity contribution is 7.89. The van der Waals surface area contributed by atoms with Gasteiger partial charge in [0.2, 0.25) is 15.9 Å². The predicted molar refractivity (Wildman–Crippen MR) is 123 cm³/mol. The fraction of sp³-hybridized carbons (Fsp3) is 0.304. The van der Waals surface area contributed by atoms with Gasteiger partial charge in [-0.05, 0) is 49.7 Å². The number of carbonyl (C=O) groups excluding carboxylic acids is 2. The third-order valence-corrected chi connectivity index (χ3v) is 7.33. The number of benzene rings is 2. The summed E-state index contributed by atoms with van der Waals surface area (Å²) < 4.78 is 32.9. The molecule has 3 N–H and O–H groups in total. The van der Waals surface area contributed by atoms with Crippen LogP contribution in [0, 0.1) is 0 Å². The Morgan fingerprint density at radius 1 is 1.03 bits per heavy atom. The highest BCUT2D eigenvalue weighted by Gasteiger charge is 2.32. The summed E-state index contributed by atoms with van der Waals surface area (Å²) in [7, 11) is -3.69. The summed E-state index contributed by atoms with van der Waals surface area (Å²) in [5.41, 5.74) is 6.74. The van der Waals surface area contributed by atoms with E-state index < -0.39 is 15.9 Å². The summed E-state index contributed by atoms with van der Waals surface area (Å²) in [5, 5.41) is 0.944. The first-order valence-electron chi connectivity index (χ1n) is 10.6. The number of nitrogens with zero attached hydrogens (tertiary/aromatic N) is 1. The number of hydrogen-bond donors (Lipinski definition) is 3. The molecule has 4 rings (SSSR count). The quantitative estimate of drug-likeness (QED) is 0.493. The van der Waals surface area contributed by atoms with Gasteiger partial charge in [0.25, 0.3) is 5.91 Å². The van der Waals surface area contributed by atoms with E-state index in [-0.39, 0.29) is 48.1 Å². The molecule has 0 radical (unpaired) electrons. The number of sulfonamides is 1. The lowest BCUT2D eigenvalue weighted by Crippen LogP contribution is -2.48. The Morgan fingerprint density at radius 3 is 2.39 bits per heavy atom. The summed E-state index contributed by atoms with van der Waals surface area (Å²) in [6, 6.07) is 13.3. The molecule has 2 aromatic carbocycles. The Bertz CT molecular complexity index is 1260. The molecule has 0 aliphatic carbocycles. The molecular formula is C23H26N4O5S. The standard InChI is InChI=1S/C23H26N4O5S/c1-15-13-27(14-16(2)32-15)33(30,31)19-9-7-17(8-10-19)23(29)26-25-22(28)11-18-12-24-21-6-4-3-5-20(18)21/h3-10,12,15-16,24H,11,13-14H2,1-2H3,(H,25,28)(H,26,29). The Morgan fingerprint density at radius 2 is 1.70 bits per heavy atom. The molecule has 1 fully saturated rings. The van der Waals surface area contributed by atoms with Crippen LogP contribution in [0.25, 0.3) is 10.9 Å². The van der Waals surface area contributed by atoms with Crippen LogP contribution >= 0.6 is 0 Å². The summed E-state index contributed by atoms with van der Waals surface area (Å²) in [6.45, 7) is 4.21. The largest absolute Gasteiger partial charge is 0.373 e. The number of carbonyl (C=O) groups is 2. The lowest BCUT2D eigenvalue weighted by atomic mass is 10.1. The first kappa shape index (κ1) is 23.0. The van der Waals surface area contributed by atoms with Gasteiger partial charge in [-0.3, -0.25) is 20.4 Å². The van der Waals surface area contributed by atoms with Crippen LogP contribution in [-0.2, 0) is 26.0 Å². The number of rotatable bonds is 5. The second-order valence-electron chi connectivity index (χ2n) is 8.14. The Labute approximate surface area is 192 Å². The van der Waals surface area contributed by atoms with E-state index in [0.29, 0.717) is 0 Å². The van der Waals surface area contributed by atoms with Gasteiger partial charge in [0, 0.05) is 35.8 Å². The molecule has 0 spiro atoms. The maximum Gasteiger partial charge on any atom is 0.269 e. The highest BCUT2D eigenvalue weighted by Crippen LogP contribution is 2.21. The van der Waals surface area contributed by atoms with Crippen molar-refractivity contribution in [1.29, 1.82) is 0 Å². The number of ether oxygens (including phenoxy) is 1. The summed E-state index contributed by atoms with van der Waals surface area (Å²) in [4.78, 5) is 27.9. The SMILES string of the molecule is CC1CN(S(=O)(=O)c2ccc(C(=O)NNC(=O)Cc3c[nH]c4ccccc34)cc2)CC(C)O1.